The van der Waals surface area contributed by atoms with Gasteiger partial charge in [-0.25, -0.2) is 0 Å². The molecular weight excluding hydrogens is 295 g/mol. The monoisotopic (exact) mass is 306 g/mol. The van der Waals surface area contributed by atoms with Gasteiger partial charge in [0.1, 0.15) is 5.75 Å². The summed E-state index contributed by atoms with van der Waals surface area (Å²) in [7, 11) is 1.56. The van der Waals surface area contributed by atoms with Crippen LogP contribution < -0.4 is 4.74 Å². The highest BCUT2D eigenvalue weighted by Gasteiger charge is 2.02. The van der Waals surface area contributed by atoms with Crippen LogP contribution in [0.4, 0.5) is 0 Å². The Morgan fingerprint density at radius 3 is 2.40 bits per heavy atom. The van der Waals surface area contributed by atoms with Gasteiger partial charge < -0.3 is 4.74 Å². The maximum absolute atomic E-state index is 11.9. The molecule has 0 aliphatic carbocycles. The summed E-state index contributed by atoms with van der Waals surface area (Å²) in [6, 6.07) is 12.1. The first kappa shape index (κ1) is 14.6. The van der Waals surface area contributed by atoms with Crippen LogP contribution in [0.25, 0.3) is 6.08 Å². The Morgan fingerprint density at radius 1 is 1.10 bits per heavy atom. The lowest BCUT2D eigenvalue weighted by Gasteiger charge is -2.03. The minimum atomic E-state index is -0.0893. The summed E-state index contributed by atoms with van der Waals surface area (Å²) in [5.41, 5.74) is 1.42. The fourth-order valence-electron chi connectivity index (χ4n) is 1.67. The molecule has 0 aliphatic heterocycles. The molecule has 0 spiro atoms. The molecular formula is C16H12Cl2O2. The molecule has 0 radical (unpaired) electrons. The summed E-state index contributed by atoms with van der Waals surface area (Å²) in [5.74, 6) is 0.515. The average molecular weight is 307 g/mol. The highest BCUT2D eigenvalue weighted by molar-refractivity contribution is 6.32. The van der Waals surface area contributed by atoms with Gasteiger partial charge in [0, 0.05) is 10.6 Å². The van der Waals surface area contributed by atoms with Crippen molar-refractivity contribution in [2.75, 3.05) is 7.11 Å². The molecule has 2 nitrogen and oxygen atoms in total. The first-order chi connectivity index (χ1) is 9.60. The van der Waals surface area contributed by atoms with E-state index in [1.54, 1.807) is 49.6 Å². The molecule has 102 valence electrons. The summed E-state index contributed by atoms with van der Waals surface area (Å²) < 4.78 is 5.07. The van der Waals surface area contributed by atoms with Crippen LogP contribution in [0.3, 0.4) is 0 Å². The van der Waals surface area contributed by atoms with Gasteiger partial charge in [0.05, 0.1) is 12.1 Å². The summed E-state index contributed by atoms with van der Waals surface area (Å²) >= 11 is 11.8. The average Bonchev–Trinajstić information content (AvgIpc) is 2.45. The number of allylic oxidation sites excluding steroid dienone is 1. The molecule has 0 saturated carbocycles. The number of carbonyl (C=O) groups is 1. The van der Waals surface area contributed by atoms with Gasteiger partial charge in [-0.15, -0.1) is 0 Å². The van der Waals surface area contributed by atoms with E-state index in [1.807, 2.05) is 6.07 Å². The molecule has 0 amide bonds. The van der Waals surface area contributed by atoms with Gasteiger partial charge in [-0.2, -0.15) is 0 Å². The molecule has 0 bridgehead atoms. The molecule has 4 heteroatoms. The third-order valence-electron chi connectivity index (χ3n) is 2.73. The minimum absolute atomic E-state index is 0.0893. The van der Waals surface area contributed by atoms with Crippen molar-refractivity contribution < 1.29 is 9.53 Å². The molecule has 0 heterocycles. The van der Waals surface area contributed by atoms with Gasteiger partial charge in [-0.05, 0) is 48.0 Å². The fourth-order valence-corrected chi connectivity index (χ4v) is 2.06. The largest absolute Gasteiger partial charge is 0.495 e. The Bertz CT molecular complexity index is 646. The lowest BCUT2D eigenvalue weighted by Crippen LogP contribution is -1.93. The number of methoxy groups -OCH3 is 1. The number of rotatable bonds is 4. The predicted molar refractivity (Wildman–Crippen MR) is 82.8 cm³/mol. The zero-order chi connectivity index (χ0) is 14.5. The number of ketones is 1. The molecule has 0 atom stereocenters. The maximum Gasteiger partial charge on any atom is 0.185 e. The second kappa shape index (κ2) is 6.60. The first-order valence-electron chi connectivity index (χ1n) is 5.91. The zero-order valence-electron chi connectivity index (χ0n) is 10.8. The van der Waals surface area contributed by atoms with E-state index in [1.165, 1.54) is 6.08 Å². The quantitative estimate of drug-likeness (QED) is 0.593. The highest BCUT2D eigenvalue weighted by atomic mass is 35.5. The number of hydrogen-bond donors (Lipinski definition) is 0. The fraction of sp³-hybridized carbons (Fsp3) is 0.0625. The first-order valence-corrected chi connectivity index (χ1v) is 6.67. The lowest BCUT2D eigenvalue weighted by atomic mass is 10.1. The summed E-state index contributed by atoms with van der Waals surface area (Å²) in [6.07, 6.45) is 3.21. The molecule has 2 rings (SSSR count). The van der Waals surface area contributed by atoms with Gasteiger partial charge in [-0.3, -0.25) is 4.79 Å². The van der Waals surface area contributed by atoms with E-state index in [-0.39, 0.29) is 5.78 Å². The van der Waals surface area contributed by atoms with E-state index >= 15 is 0 Å². The molecule has 0 aliphatic rings. The Hall–Kier alpha value is -1.77. The highest BCUT2D eigenvalue weighted by Crippen LogP contribution is 2.25. The van der Waals surface area contributed by atoms with Crippen LogP contribution in [0.2, 0.25) is 10.0 Å². The van der Waals surface area contributed by atoms with E-state index in [0.717, 1.165) is 5.56 Å². The Balaban J connectivity index is 2.14. The van der Waals surface area contributed by atoms with Crippen LogP contribution >= 0.6 is 23.2 Å². The third kappa shape index (κ3) is 3.62. The van der Waals surface area contributed by atoms with E-state index in [4.69, 9.17) is 27.9 Å². The number of halogens is 2. The van der Waals surface area contributed by atoms with Crippen molar-refractivity contribution in [2.24, 2.45) is 0 Å². The summed E-state index contributed by atoms with van der Waals surface area (Å²) in [5, 5.41) is 1.11. The van der Waals surface area contributed by atoms with Gasteiger partial charge in [0.15, 0.2) is 5.78 Å². The summed E-state index contributed by atoms with van der Waals surface area (Å²) in [6.45, 7) is 0. The SMILES string of the molecule is COc1ccc(/C=C/C(=O)c2ccc(Cl)cc2)cc1Cl. The molecule has 2 aromatic carbocycles. The standard InChI is InChI=1S/C16H12Cl2O2/c1-20-16-9-3-11(10-14(16)18)2-8-15(19)12-4-6-13(17)7-5-12/h2-10H,1H3/b8-2+. The second-order valence-corrected chi connectivity index (χ2v) is 4.94. The summed E-state index contributed by atoms with van der Waals surface area (Å²) in [4.78, 5) is 11.9. The predicted octanol–water partition coefficient (Wildman–Crippen LogP) is 4.90. The Morgan fingerprint density at radius 2 is 1.80 bits per heavy atom. The van der Waals surface area contributed by atoms with Crippen molar-refractivity contribution in [3.05, 3.63) is 69.7 Å². The third-order valence-corrected chi connectivity index (χ3v) is 3.28. The van der Waals surface area contributed by atoms with E-state index in [9.17, 15) is 4.79 Å². The number of benzene rings is 2. The lowest BCUT2D eigenvalue weighted by molar-refractivity contribution is 0.104. The molecule has 0 unspecified atom stereocenters. The van der Waals surface area contributed by atoms with Crippen LogP contribution in [-0.2, 0) is 0 Å². The smallest absolute Gasteiger partial charge is 0.185 e. The topological polar surface area (TPSA) is 26.3 Å². The zero-order valence-corrected chi connectivity index (χ0v) is 12.3. The molecule has 2 aromatic rings. The van der Waals surface area contributed by atoms with E-state index in [0.29, 0.717) is 21.4 Å². The maximum atomic E-state index is 11.9. The van der Waals surface area contributed by atoms with Crippen LogP contribution in [0, 0.1) is 0 Å². The van der Waals surface area contributed by atoms with Crippen molar-refractivity contribution in [2.45, 2.75) is 0 Å². The van der Waals surface area contributed by atoms with Gasteiger partial charge >= 0.3 is 0 Å². The number of ether oxygens (including phenoxy) is 1. The molecule has 0 N–H and O–H groups in total. The van der Waals surface area contributed by atoms with Crippen LogP contribution in [-0.4, -0.2) is 12.9 Å². The molecule has 20 heavy (non-hydrogen) atoms. The normalized spacial score (nSPS) is 10.8. The van der Waals surface area contributed by atoms with Gasteiger partial charge in [-0.1, -0.05) is 35.3 Å². The van der Waals surface area contributed by atoms with Gasteiger partial charge in [0.25, 0.3) is 0 Å². The number of carbonyl (C=O) groups excluding carboxylic acids is 1. The van der Waals surface area contributed by atoms with Crippen LogP contribution in [0.1, 0.15) is 15.9 Å². The van der Waals surface area contributed by atoms with Gasteiger partial charge in [0.2, 0.25) is 0 Å². The van der Waals surface area contributed by atoms with Crippen molar-refractivity contribution in [3.8, 4) is 5.75 Å². The van der Waals surface area contributed by atoms with Crippen LogP contribution in [0.15, 0.2) is 48.5 Å². The van der Waals surface area contributed by atoms with E-state index in [2.05, 4.69) is 0 Å². The molecule has 0 fully saturated rings. The van der Waals surface area contributed by atoms with E-state index < -0.39 is 0 Å². The van der Waals surface area contributed by atoms with Crippen molar-refractivity contribution in [1.29, 1.82) is 0 Å². The molecule has 0 saturated heterocycles. The molecule has 0 aromatic heterocycles. The number of hydrogen-bond acceptors (Lipinski definition) is 2. The minimum Gasteiger partial charge on any atom is -0.495 e. The van der Waals surface area contributed by atoms with Crippen molar-refractivity contribution in [3.63, 3.8) is 0 Å². The van der Waals surface area contributed by atoms with Crippen molar-refractivity contribution in [1.82, 2.24) is 0 Å². The second-order valence-electron chi connectivity index (χ2n) is 4.10. The Labute approximate surface area is 127 Å². The Kier molecular flexibility index (Phi) is 4.83. The van der Waals surface area contributed by atoms with Crippen molar-refractivity contribution >= 4 is 35.1 Å². The van der Waals surface area contributed by atoms with Crippen LogP contribution in [0.5, 0.6) is 5.75 Å².